The van der Waals surface area contributed by atoms with Crippen molar-refractivity contribution in [2.45, 2.75) is 208 Å². The fraction of sp³-hybridized carbons (Fsp3) is 0.457. The number of nitrogens with one attached hydrogen (secondary N) is 8. The third kappa shape index (κ3) is 25.1. The smallest absolute Gasteiger partial charge is 0.322 e. The molecule has 3 unspecified atom stereocenters. The van der Waals surface area contributed by atoms with Crippen LogP contribution in [-0.2, 0) is 67.2 Å². The number of hydrogen-bond donors (Lipinski definition) is 9. The van der Waals surface area contributed by atoms with Gasteiger partial charge < -0.3 is 61.6 Å². The maximum atomic E-state index is 15.5. The molecule has 24 nitrogen and oxygen atoms in total. The number of carbonyl (C=O) groups excluding carboxylic acids is 5. The second-order valence-corrected chi connectivity index (χ2v) is 39.1. The van der Waals surface area contributed by atoms with Crippen molar-refractivity contribution in [3.63, 3.8) is 0 Å². The molecule has 0 radical (unpaired) electrons. The third-order valence-corrected chi connectivity index (χ3v) is 27.1. The third-order valence-electron chi connectivity index (χ3n) is 23.3. The zero-order chi connectivity index (χ0) is 87.3. The number of carbonyl (C=O) groups is 5. The van der Waals surface area contributed by atoms with Crippen molar-refractivity contribution in [3.05, 3.63) is 238 Å². The molecule has 32 heteroatoms. The SMILES string of the molecule is C.CO[C@@H]1C[C@H](C(=O)Nc2cc(C(CCC3CC3)(N[S@@](=O)C(C)(C)C)c3ccccn3)ccc2F)N(C(=O)Nc2ccc(Cl)cc2)C1.CO[C@@H]1C[C@H](C(=O)Nc2cc(C(N)(CCC3CC3)c3ccccn3)ccc2F)N(C(=O)Nc2ccc(Cl)cc2)C1.CO[C@H]1CN[C@@H](C(=O)Nc2cc(C(CCC3CC3)(N[S@@](=O)C(C)(C)C)c3ccccn3)ccc2F)C1.Cl. The minimum atomic E-state index is -1.50. The highest BCUT2D eigenvalue weighted by Crippen LogP contribution is 2.46. The van der Waals surface area contributed by atoms with Gasteiger partial charge in [-0.3, -0.25) is 29.3 Å². The Morgan fingerprint density at radius 2 is 0.831 bits per heavy atom. The number of amides is 7. The molecular weight excluding hydrogens is 1690 g/mol. The fourth-order valence-corrected chi connectivity index (χ4v) is 17.4. The van der Waals surface area contributed by atoms with Crippen LogP contribution in [0.3, 0.4) is 0 Å². The van der Waals surface area contributed by atoms with Crippen molar-refractivity contribution < 1.29 is 59.8 Å². The summed E-state index contributed by atoms with van der Waals surface area (Å²) < 4.78 is 94.6. The number of nitrogens with zero attached hydrogens (tertiary/aromatic N) is 5. The monoisotopic (exact) mass is 1800 g/mol. The number of halogens is 6. The molecule has 3 aliphatic heterocycles. The maximum Gasteiger partial charge on any atom is 0.322 e. The average molecular weight is 1810 g/mol. The van der Waals surface area contributed by atoms with Gasteiger partial charge in [0.25, 0.3) is 0 Å². The number of methoxy groups -OCH3 is 3. The summed E-state index contributed by atoms with van der Waals surface area (Å²) in [4.78, 5) is 83.2. The van der Waals surface area contributed by atoms with E-state index in [1.165, 1.54) is 67.9 Å². The van der Waals surface area contributed by atoms with Crippen LogP contribution in [0.2, 0.25) is 10.0 Å². The number of aromatic nitrogens is 3. The molecule has 3 saturated heterocycles. The number of urea groups is 2. The Bertz CT molecular complexity index is 4990. The Morgan fingerprint density at radius 3 is 1.18 bits per heavy atom. The van der Waals surface area contributed by atoms with Crippen LogP contribution in [0.15, 0.2) is 176 Å². The van der Waals surface area contributed by atoms with E-state index in [0.717, 1.165) is 32.1 Å². The van der Waals surface area contributed by atoms with Gasteiger partial charge in [0, 0.05) is 93.8 Å². The Morgan fingerprint density at radius 1 is 0.476 bits per heavy atom. The van der Waals surface area contributed by atoms with Gasteiger partial charge in [0.05, 0.1) is 107 Å². The molecule has 3 aliphatic carbocycles. The van der Waals surface area contributed by atoms with Crippen molar-refractivity contribution in [3.8, 4) is 0 Å². The second kappa shape index (κ2) is 43.1. The zero-order valence-electron chi connectivity index (χ0n) is 70.7. The minimum absolute atomic E-state index is 0. The van der Waals surface area contributed by atoms with Crippen LogP contribution in [0.25, 0.3) is 0 Å². The quantitative estimate of drug-likeness (QED) is 0.0202. The van der Waals surface area contributed by atoms with E-state index in [0.29, 0.717) is 105 Å². The molecule has 3 aromatic heterocycles. The summed E-state index contributed by atoms with van der Waals surface area (Å²) in [6.45, 7) is 12.4. The number of nitrogens with two attached hydrogens (primary N) is 1. The molecule has 5 aromatic carbocycles. The maximum absolute atomic E-state index is 15.5. The van der Waals surface area contributed by atoms with Gasteiger partial charge in [-0.15, -0.1) is 12.4 Å². The summed E-state index contributed by atoms with van der Waals surface area (Å²) in [6, 6.07) is 40.7. The number of anilines is 5. The largest absolute Gasteiger partial charge is 0.380 e. The van der Waals surface area contributed by atoms with Crippen molar-refractivity contribution in [1.82, 2.24) is 39.5 Å². The number of pyridine rings is 3. The first-order chi connectivity index (χ1) is 58.3. The van der Waals surface area contributed by atoms with Crippen molar-refractivity contribution in [1.29, 1.82) is 0 Å². The number of benzene rings is 5. The molecule has 3 saturated carbocycles. The topological polar surface area (TPSA) is 315 Å². The van der Waals surface area contributed by atoms with E-state index in [-0.39, 0.29) is 87.0 Å². The van der Waals surface area contributed by atoms with E-state index in [9.17, 15) is 36.8 Å². The number of rotatable bonds is 30. The molecule has 0 spiro atoms. The second-order valence-electron chi connectivity index (χ2n) is 34.3. The van der Waals surface area contributed by atoms with Crippen molar-refractivity contribution >= 4 is 116 Å². The first kappa shape index (κ1) is 97.4. The molecule has 124 heavy (non-hydrogen) atoms. The van der Waals surface area contributed by atoms with E-state index in [1.807, 2.05) is 96.1 Å². The van der Waals surface area contributed by atoms with E-state index in [2.05, 4.69) is 56.3 Å². The van der Waals surface area contributed by atoms with Crippen LogP contribution < -0.4 is 47.1 Å². The number of likely N-dealkylation sites (tertiary alicyclic amines) is 2. The summed E-state index contributed by atoms with van der Waals surface area (Å²) in [7, 11) is 1.74. The Labute approximate surface area is 746 Å². The molecule has 14 rings (SSSR count). The average Bonchev–Trinajstić information content (AvgIpc) is 0.800. The molecule has 668 valence electrons. The van der Waals surface area contributed by atoms with Crippen LogP contribution in [0.1, 0.15) is 179 Å². The lowest BCUT2D eigenvalue weighted by atomic mass is 9.82. The van der Waals surface area contributed by atoms with E-state index >= 15 is 8.78 Å². The van der Waals surface area contributed by atoms with E-state index in [1.54, 1.807) is 111 Å². The highest BCUT2D eigenvalue weighted by Gasteiger charge is 2.47. The summed E-state index contributed by atoms with van der Waals surface area (Å²) in [6.07, 6.45) is 17.0. The lowest BCUT2D eigenvalue weighted by Crippen LogP contribution is -2.49. The minimum Gasteiger partial charge on any atom is -0.380 e. The fourth-order valence-electron chi connectivity index (χ4n) is 15.3. The van der Waals surface area contributed by atoms with Crippen LogP contribution in [-0.4, -0.2) is 150 Å². The summed E-state index contributed by atoms with van der Waals surface area (Å²) in [5.41, 5.74) is 9.25. The van der Waals surface area contributed by atoms with Crippen LogP contribution >= 0.6 is 35.6 Å². The van der Waals surface area contributed by atoms with Gasteiger partial charge in [-0.25, -0.2) is 40.6 Å². The molecule has 10 N–H and O–H groups in total. The molecule has 6 heterocycles. The Kier molecular flexibility index (Phi) is 33.9. The van der Waals surface area contributed by atoms with Crippen LogP contribution in [0.5, 0.6) is 0 Å². The van der Waals surface area contributed by atoms with E-state index in [4.69, 9.17) is 43.1 Å². The predicted molar refractivity (Wildman–Crippen MR) is 486 cm³/mol. The molecule has 7 amide bonds. The lowest BCUT2D eigenvalue weighted by Gasteiger charge is -2.37. The lowest BCUT2D eigenvalue weighted by molar-refractivity contribution is -0.120. The highest BCUT2D eigenvalue weighted by atomic mass is 35.5. The number of hydrogen-bond acceptors (Lipinski definition) is 15. The van der Waals surface area contributed by atoms with E-state index < -0.39 is 108 Å². The zero-order valence-corrected chi connectivity index (χ0v) is 74.6. The van der Waals surface area contributed by atoms with Gasteiger partial charge in [0.1, 0.15) is 29.5 Å². The van der Waals surface area contributed by atoms with Gasteiger partial charge >= 0.3 is 12.1 Å². The Balaban J connectivity index is 0.000000194. The van der Waals surface area contributed by atoms with Gasteiger partial charge in [0.15, 0.2) is 0 Å². The molecule has 11 atom stereocenters. The summed E-state index contributed by atoms with van der Waals surface area (Å²) >= 11 is 11.9. The van der Waals surface area contributed by atoms with Gasteiger partial charge in [-0.1, -0.05) is 106 Å². The standard InChI is InChI=1S/C34H41ClFN5O4S.C30H33ClFN5O3.C27H37FN4O3S.CH4.ClH/c1-33(2,3)46(44)40-34(17-16-22-8-9-22,30-7-5-6-18-37-30)23-10-15-27(36)28(19-23)39-31(42)29-20-26(45-4)21-41(29)32(43)38-25-13-11-24(35)12-14-25;1-40-23-17-26(37(18-23)29(39)35-22-10-8-21(31)9-11-22)28(38)36-25-16-20(7-12-24(25)32)30(33,14-13-19-5-6-19)27-4-2-3-15-34-27;1-26(2,3)36(34)32-27(13-12-18-8-9-18,24-7-5-6-14-29-24)19-10-11-21(28)22(15-19)31-25(33)23-16-20(35-4)17-30-23;;/h5-7,10-15,18-19,22,26,29,40H,8-9,16-17,20-21H2,1-4H3,(H,38,43)(H,39,42);2-4,7-12,15-16,19,23,26H,5-6,13-14,17-18,33H2,1H3,(H,35,39)(H,36,38);5-7,10-11,14-15,18,20,23,30,32H,8-9,12-13,16-17H2,1-4H3,(H,31,33);1H4;1H/t26-,29-,34?,46+;23-,26-,30?;20-,23-,27?,36+;;/m111../s1. The molecule has 6 fully saturated rings. The molecule has 6 aliphatic rings. The van der Waals surface area contributed by atoms with Crippen molar-refractivity contribution in [2.75, 3.05) is 67.5 Å². The van der Waals surface area contributed by atoms with Gasteiger partial charge in [-0.05, 0) is 242 Å². The summed E-state index contributed by atoms with van der Waals surface area (Å²) in [5.74, 6) is -1.29. The van der Waals surface area contributed by atoms with Crippen LogP contribution in [0.4, 0.5) is 51.2 Å². The van der Waals surface area contributed by atoms with Gasteiger partial charge in [0.2, 0.25) is 17.7 Å². The first-order valence-corrected chi connectivity index (χ1v) is 44.6. The van der Waals surface area contributed by atoms with Crippen molar-refractivity contribution in [2.24, 2.45) is 23.5 Å². The highest BCUT2D eigenvalue weighted by molar-refractivity contribution is 7.84. The Hall–Kier alpha value is -8.82. The summed E-state index contributed by atoms with van der Waals surface area (Å²) in [5, 5.41) is 18.0. The molecule has 8 aromatic rings. The molecular formula is C92H116Cl3F3N14O10S2. The predicted octanol–water partition coefficient (Wildman–Crippen LogP) is 17.2. The van der Waals surface area contributed by atoms with Gasteiger partial charge in [-0.2, -0.15) is 0 Å². The van der Waals surface area contributed by atoms with Crippen LogP contribution in [0, 0.1) is 35.2 Å². The first-order valence-electron chi connectivity index (χ1n) is 41.5. The molecule has 0 bridgehead atoms. The normalized spacial score (nSPS) is 20.6. The number of ether oxygens (including phenoxy) is 3.